The van der Waals surface area contributed by atoms with E-state index < -0.39 is 10.0 Å². The highest BCUT2D eigenvalue weighted by Gasteiger charge is 2.33. The smallest absolute Gasteiger partial charge is 0.238 e. The first-order valence-electron chi connectivity index (χ1n) is 14.4. The molecule has 1 heterocycles. The summed E-state index contributed by atoms with van der Waals surface area (Å²) in [7, 11) is -3.53. The van der Waals surface area contributed by atoms with Gasteiger partial charge in [-0.1, -0.05) is 63.2 Å². The summed E-state index contributed by atoms with van der Waals surface area (Å²) in [6, 6.07) is 17.9. The van der Waals surface area contributed by atoms with E-state index in [2.05, 4.69) is 13.8 Å². The summed E-state index contributed by atoms with van der Waals surface area (Å²) >= 11 is 1.54. The fraction of sp³-hybridized carbons (Fsp3) is 0.548. The van der Waals surface area contributed by atoms with E-state index in [-0.39, 0.29) is 30.2 Å². The quantitative estimate of drug-likeness (QED) is 0.284. The molecular formula is C31H45N3O4S2. The van der Waals surface area contributed by atoms with Gasteiger partial charge in [0, 0.05) is 37.1 Å². The van der Waals surface area contributed by atoms with Crippen LogP contribution >= 0.6 is 11.8 Å². The first-order chi connectivity index (χ1) is 19.1. The fourth-order valence-electron chi connectivity index (χ4n) is 4.92. The van der Waals surface area contributed by atoms with Crippen LogP contribution in [-0.4, -0.2) is 78.1 Å². The lowest BCUT2D eigenvalue weighted by Gasteiger charge is -2.39. The second-order valence-electron chi connectivity index (χ2n) is 11.0. The van der Waals surface area contributed by atoms with Crippen LogP contribution in [0.15, 0.2) is 59.5 Å². The molecule has 0 N–H and O–H groups in total. The van der Waals surface area contributed by atoms with Gasteiger partial charge in [0.25, 0.3) is 0 Å². The van der Waals surface area contributed by atoms with E-state index >= 15 is 0 Å². The summed E-state index contributed by atoms with van der Waals surface area (Å²) in [5.74, 6) is 0.697. The summed E-state index contributed by atoms with van der Waals surface area (Å²) in [5.41, 5.74) is 2.15. The summed E-state index contributed by atoms with van der Waals surface area (Å²) in [5, 5.41) is 0. The minimum atomic E-state index is -3.53. The lowest BCUT2D eigenvalue weighted by atomic mass is 10.0. The van der Waals surface area contributed by atoms with Crippen LogP contribution in [0.5, 0.6) is 0 Å². The number of benzene rings is 2. The number of thioether (sulfide) groups is 1. The van der Waals surface area contributed by atoms with Crippen molar-refractivity contribution >= 4 is 33.6 Å². The Kier molecular flexibility index (Phi) is 12.5. The first-order valence-corrected chi connectivity index (χ1v) is 17.0. The van der Waals surface area contributed by atoms with Crippen LogP contribution in [0.3, 0.4) is 0 Å². The molecule has 220 valence electrons. The molecule has 1 saturated heterocycles. The van der Waals surface area contributed by atoms with Crippen LogP contribution in [0.2, 0.25) is 0 Å². The molecule has 9 heteroatoms. The van der Waals surface area contributed by atoms with E-state index in [1.165, 1.54) is 16.1 Å². The Morgan fingerprint density at radius 1 is 1.02 bits per heavy atom. The normalized spacial score (nSPS) is 14.6. The third-order valence-corrected chi connectivity index (χ3v) is 10.4. The van der Waals surface area contributed by atoms with Crippen molar-refractivity contribution in [1.29, 1.82) is 0 Å². The van der Waals surface area contributed by atoms with Crippen LogP contribution in [0, 0.1) is 12.8 Å². The van der Waals surface area contributed by atoms with Gasteiger partial charge in [0.2, 0.25) is 21.8 Å². The van der Waals surface area contributed by atoms with Crippen molar-refractivity contribution in [1.82, 2.24) is 14.1 Å². The number of piperidine rings is 1. The maximum atomic E-state index is 13.9. The van der Waals surface area contributed by atoms with Crippen molar-refractivity contribution in [3.63, 3.8) is 0 Å². The van der Waals surface area contributed by atoms with Crippen LogP contribution in [0.1, 0.15) is 57.6 Å². The average Bonchev–Trinajstić information content (AvgIpc) is 2.94. The van der Waals surface area contributed by atoms with Gasteiger partial charge in [-0.15, -0.1) is 11.8 Å². The third kappa shape index (κ3) is 9.63. The Hall–Kier alpha value is -2.36. The zero-order valence-corrected chi connectivity index (χ0v) is 26.1. The predicted octanol–water partition coefficient (Wildman–Crippen LogP) is 5.19. The molecule has 7 nitrogen and oxygen atoms in total. The van der Waals surface area contributed by atoms with Gasteiger partial charge >= 0.3 is 0 Å². The Morgan fingerprint density at radius 3 is 2.30 bits per heavy atom. The molecular weight excluding hydrogens is 542 g/mol. The molecule has 0 atom stereocenters. The van der Waals surface area contributed by atoms with Crippen LogP contribution < -0.4 is 0 Å². The van der Waals surface area contributed by atoms with E-state index in [1.807, 2.05) is 78.2 Å². The zero-order valence-electron chi connectivity index (χ0n) is 24.4. The van der Waals surface area contributed by atoms with Crippen LogP contribution in [0.4, 0.5) is 0 Å². The van der Waals surface area contributed by atoms with Crippen molar-refractivity contribution in [3.8, 4) is 0 Å². The van der Waals surface area contributed by atoms with Crippen LogP contribution in [0.25, 0.3) is 0 Å². The summed E-state index contributed by atoms with van der Waals surface area (Å²) < 4.78 is 27.6. The molecule has 0 radical (unpaired) electrons. The molecule has 0 spiro atoms. The predicted molar refractivity (Wildman–Crippen MR) is 164 cm³/mol. The number of rotatable bonds is 14. The number of likely N-dealkylation sites (tertiary alicyclic amines) is 1. The zero-order chi connectivity index (χ0) is 29.1. The minimum Gasteiger partial charge on any atom is -0.342 e. The summed E-state index contributed by atoms with van der Waals surface area (Å²) in [6.07, 6.45) is 2.56. The van der Waals surface area contributed by atoms with Crippen molar-refractivity contribution in [2.24, 2.45) is 5.92 Å². The number of nitrogens with zero attached hydrogens (tertiary/aromatic N) is 3. The highest BCUT2D eigenvalue weighted by atomic mass is 32.2. The number of aryl methyl sites for hydroxylation is 1. The Bertz CT molecular complexity index is 1200. The average molecular weight is 588 g/mol. The topological polar surface area (TPSA) is 78.0 Å². The summed E-state index contributed by atoms with van der Waals surface area (Å²) in [4.78, 5) is 31.6. The molecule has 1 aliphatic rings. The standard InChI is InChI=1S/C31H45N3O4S2/c1-5-21-40(37,38)33(20-15-25(2)3)23-30(35)34(22-27-12-10-9-11-26(27)4)28-16-18-32(19-17-28)31(36)24-39-29-13-7-6-8-14-29/h6-14,25,28H,5,15-24H2,1-4H3. The fourth-order valence-corrected chi connectivity index (χ4v) is 7.21. The van der Waals surface area contributed by atoms with Crippen LogP contribution in [-0.2, 0) is 26.2 Å². The molecule has 0 aliphatic carbocycles. The van der Waals surface area contributed by atoms with E-state index in [4.69, 9.17) is 0 Å². The number of carbonyl (C=O) groups is 2. The van der Waals surface area contributed by atoms with Gasteiger partial charge in [-0.05, 0) is 61.8 Å². The van der Waals surface area contributed by atoms with Crippen molar-refractivity contribution in [3.05, 3.63) is 65.7 Å². The van der Waals surface area contributed by atoms with Gasteiger partial charge < -0.3 is 9.80 Å². The molecule has 1 fully saturated rings. The highest BCUT2D eigenvalue weighted by molar-refractivity contribution is 8.00. The van der Waals surface area contributed by atoms with E-state index in [0.717, 1.165) is 16.0 Å². The Balaban J connectivity index is 1.72. The third-order valence-electron chi connectivity index (χ3n) is 7.41. The van der Waals surface area contributed by atoms with Crippen molar-refractivity contribution in [2.75, 3.05) is 37.7 Å². The molecule has 0 saturated carbocycles. The molecule has 2 amide bonds. The van der Waals surface area contributed by atoms with Crippen molar-refractivity contribution < 1.29 is 18.0 Å². The van der Waals surface area contributed by atoms with Gasteiger partial charge in [-0.3, -0.25) is 9.59 Å². The minimum absolute atomic E-state index is 0.0393. The second-order valence-corrected chi connectivity index (χ2v) is 14.1. The SMILES string of the molecule is CCCS(=O)(=O)N(CCC(C)C)CC(=O)N(Cc1ccccc1C)C1CCN(C(=O)CSc2ccccc2)CC1. The van der Waals surface area contributed by atoms with Gasteiger partial charge in [-0.25, -0.2) is 8.42 Å². The maximum Gasteiger partial charge on any atom is 0.238 e. The van der Waals surface area contributed by atoms with Gasteiger partial charge in [-0.2, -0.15) is 4.31 Å². The monoisotopic (exact) mass is 587 g/mol. The van der Waals surface area contributed by atoms with E-state index in [0.29, 0.717) is 63.5 Å². The lowest BCUT2D eigenvalue weighted by molar-refractivity contribution is -0.136. The molecule has 2 aromatic carbocycles. The van der Waals surface area contributed by atoms with Gasteiger partial charge in [0.15, 0.2) is 0 Å². The largest absolute Gasteiger partial charge is 0.342 e. The molecule has 0 bridgehead atoms. The number of hydrogen-bond acceptors (Lipinski definition) is 5. The molecule has 40 heavy (non-hydrogen) atoms. The molecule has 0 unspecified atom stereocenters. The highest BCUT2D eigenvalue weighted by Crippen LogP contribution is 2.24. The Labute approximate surface area is 245 Å². The number of sulfonamides is 1. The number of hydrogen-bond donors (Lipinski definition) is 0. The van der Waals surface area contributed by atoms with E-state index in [1.54, 1.807) is 0 Å². The lowest BCUT2D eigenvalue weighted by Crippen LogP contribution is -2.51. The van der Waals surface area contributed by atoms with E-state index in [9.17, 15) is 18.0 Å². The number of amides is 2. The summed E-state index contributed by atoms with van der Waals surface area (Å²) in [6.45, 7) is 9.80. The first kappa shape index (κ1) is 32.2. The molecule has 0 aromatic heterocycles. The molecule has 2 aromatic rings. The number of carbonyl (C=O) groups excluding carboxylic acids is 2. The van der Waals surface area contributed by atoms with Gasteiger partial charge in [0.1, 0.15) is 0 Å². The molecule has 1 aliphatic heterocycles. The van der Waals surface area contributed by atoms with Gasteiger partial charge in [0.05, 0.1) is 18.1 Å². The van der Waals surface area contributed by atoms with Crippen molar-refractivity contribution in [2.45, 2.75) is 70.9 Å². The Morgan fingerprint density at radius 2 is 1.68 bits per heavy atom. The maximum absolute atomic E-state index is 13.9. The molecule has 3 rings (SSSR count). The second kappa shape index (κ2) is 15.6.